The summed E-state index contributed by atoms with van der Waals surface area (Å²) in [6, 6.07) is 16.2. The second-order valence-corrected chi connectivity index (χ2v) is 4.68. The lowest BCUT2D eigenvalue weighted by Gasteiger charge is -1.93. The van der Waals surface area contributed by atoms with Gasteiger partial charge in [-0.25, -0.2) is 0 Å². The Labute approximate surface area is 112 Å². The minimum atomic E-state index is 0.874. The van der Waals surface area contributed by atoms with Crippen molar-refractivity contribution in [2.24, 2.45) is 17.3 Å². The Balaban J connectivity index is 1.99. The maximum absolute atomic E-state index is 4.36. The molecule has 0 atom stereocenters. The van der Waals surface area contributed by atoms with Crippen LogP contribution in [0.5, 0.6) is 0 Å². The van der Waals surface area contributed by atoms with Gasteiger partial charge in [-0.2, -0.15) is 5.11 Å². The van der Waals surface area contributed by atoms with Gasteiger partial charge in [-0.3, -0.25) is 0 Å². The van der Waals surface area contributed by atoms with Gasteiger partial charge in [0.05, 0.1) is 11.2 Å². The molecule has 0 aliphatic heterocycles. The summed E-state index contributed by atoms with van der Waals surface area (Å²) >= 11 is 0. The van der Waals surface area contributed by atoms with Crippen molar-refractivity contribution in [1.29, 1.82) is 0 Å². The van der Waals surface area contributed by atoms with Crippen molar-refractivity contribution in [1.82, 2.24) is 4.57 Å². The lowest BCUT2D eigenvalue weighted by molar-refractivity contribution is 0.967. The number of aryl methyl sites for hydroxylation is 2. The topological polar surface area (TPSA) is 29.6 Å². The number of hydrogen-bond donors (Lipinski definition) is 0. The molecule has 0 unspecified atom stereocenters. The fourth-order valence-corrected chi connectivity index (χ4v) is 2.12. The lowest BCUT2D eigenvalue weighted by atomic mass is 10.2. The predicted octanol–water partition coefficient (Wildman–Crippen LogP) is 4.90. The van der Waals surface area contributed by atoms with E-state index in [1.165, 1.54) is 11.1 Å². The number of aromatic nitrogens is 1. The van der Waals surface area contributed by atoms with Crippen molar-refractivity contribution in [2.45, 2.75) is 6.92 Å². The summed E-state index contributed by atoms with van der Waals surface area (Å²) in [5.41, 5.74) is 4.17. The van der Waals surface area contributed by atoms with E-state index in [1.54, 1.807) is 0 Å². The van der Waals surface area contributed by atoms with Crippen LogP contribution in [-0.4, -0.2) is 4.57 Å². The van der Waals surface area contributed by atoms with Crippen LogP contribution in [0.15, 0.2) is 65.0 Å². The van der Waals surface area contributed by atoms with Crippen LogP contribution < -0.4 is 0 Å². The molecule has 0 aliphatic rings. The zero-order valence-electron chi connectivity index (χ0n) is 11.0. The van der Waals surface area contributed by atoms with Crippen LogP contribution in [-0.2, 0) is 7.05 Å². The molecular weight excluding hydrogens is 234 g/mol. The van der Waals surface area contributed by atoms with E-state index in [4.69, 9.17) is 0 Å². The number of fused-ring (bicyclic) bond motifs is 1. The minimum Gasteiger partial charge on any atom is -0.348 e. The van der Waals surface area contributed by atoms with Crippen LogP contribution in [0, 0.1) is 6.92 Å². The quantitative estimate of drug-likeness (QED) is 0.578. The summed E-state index contributed by atoms with van der Waals surface area (Å²) in [7, 11) is 2.02. The number of benzene rings is 2. The summed E-state index contributed by atoms with van der Waals surface area (Å²) in [4.78, 5) is 0. The molecule has 3 aromatic rings. The molecule has 0 bridgehead atoms. The number of hydrogen-bond acceptors (Lipinski definition) is 2. The Morgan fingerprint density at radius 3 is 2.42 bits per heavy atom. The summed E-state index contributed by atoms with van der Waals surface area (Å²) in [6.07, 6.45) is 2.00. The van der Waals surface area contributed by atoms with Gasteiger partial charge in [0.1, 0.15) is 5.69 Å². The van der Waals surface area contributed by atoms with E-state index >= 15 is 0 Å². The standard InChI is InChI=1S/C16H15N3/c1-12-7-9-13(10-8-12)17-18-15-11-19(2)16-6-4-3-5-14(15)16/h3-11H,1-2H3. The van der Waals surface area contributed by atoms with Gasteiger partial charge in [0.2, 0.25) is 0 Å². The molecule has 3 heteroatoms. The monoisotopic (exact) mass is 249 g/mol. The number of nitrogens with zero attached hydrogens (tertiary/aromatic N) is 3. The highest BCUT2D eigenvalue weighted by molar-refractivity contribution is 5.91. The predicted molar refractivity (Wildman–Crippen MR) is 78.3 cm³/mol. The number of para-hydroxylation sites is 1. The average molecular weight is 249 g/mol. The Hall–Kier alpha value is -2.42. The van der Waals surface area contributed by atoms with Crippen molar-refractivity contribution in [3.8, 4) is 0 Å². The molecule has 0 radical (unpaired) electrons. The first-order chi connectivity index (χ1) is 9.24. The molecule has 2 aromatic carbocycles. The third kappa shape index (κ3) is 2.27. The van der Waals surface area contributed by atoms with E-state index in [9.17, 15) is 0 Å². The highest BCUT2D eigenvalue weighted by Crippen LogP contribution is 2.29. The third-order valence-corrected chi connectivity index (χ3v) is 3.18. The summed E-state index contributed by atoms with van der Waals surface area (Å²) in [6.45, 7) is 2.06. The fraction of sp³-hybridized carbons (Fsp3) is 0.125. The Kier molecular flexibility index (Phi) is 2.88. The Morgan fingerprint density at radius 1 is 0.895 bits per heavy atom. The van der Waals surface area contributed by atoms with Gasteiger partial charge in [0.15, 0.2) is 0 Å². The maximum atomic E-state index is 4.36. The molecule has 1 aromatic heterocycles. The molecule has 0 N–H and O–H groups in total. The van der Waals surface area contributed by atoms with Gasteiger partial charge < -0.3 is 4.57 Å². The molecular formula is C16H15N3. The third-order valence-electron chi connectivity index (χ3n) is 3.18. The average Bonchev–Trinajstić information content (AvgIpc) is 2.76. The second-order valence-electron chi connectivity index (χ2n) is 4.68. The molecule has 3 nitrogen and oxygen atoms in total. The van der Waals surface area contributed by atoms with E-state index < -0.39 is 0 Å². The highest BCUT2D eigenvalue weighted by Gasteiger charge is 2.04. The second kappa shape index (κ2) is 4.69. The van der Waals surface area contributed by atoms with E-state index in [0.29, 0.717) is 0 Å². The van der Waals surface area contributed by atoms with E-state index in [-0.39, 0.29) is 0 Å². The van der Waals surface area contributed by atoms with Crippen molar-refractivity contribution in [3.05, 3.63) is 60.3 Å². The number of rotatable bonds is 2. The number of azo groups is 1. The molecule has 0 amide bonds. The largest absolute Gasteiger partial charge is 0.348 e. The van der Waals surface area contributed by atoms with Gasteiger partial charge >= 0.3 is 0 Å². The molecule has 0 saturated carbocycles. The van der Waals surface area contributed by atoms with Crippen molar-refractivity contribution < 1.29 is 0 Å². The molecule has 0 fully saturated rings. The van der Waals surface area contributed by atoms with Crippen LogP contribution in [0.4, 0.5) is 11.4 Å². The minimum absolute atomic E-state index is 0.874. The van der Waals surface area contributed by atoms with Crippen molar-refractivity contribution >= 4 is 22.3 Å². The van der Waals surface area contributed by atoms with Gasteiger partial charge in [-0.15, -0.1) is 5.11 Å². The molecule has 3 rings (SSSR count). The van der Waals surface area contributed by atoms with Crippen LogP contribution in [0.3, 0.4) is 0 Å². The summed E-state index contributed by atoms with van der Waals surface area (Å²) in [5.74, 6) is 0. The molecule has 19 heavy (non-hydrogen) atoms. The zero-order chi connectivity index (χ0) is 13.2. The maximum Gasteiger partial charge on any atom is 0.111 e. The molecule has 1 heterocycles. The summed E-state index contributed by atoms with van der Waals surface area (Å²) in [5, 5.41) is 9.78. The van der Waals surface area contributed by atoms with E-state index in [2.05, 4.69) is 33.9 Å². The van der Waals surface area contributed by atoms with E-state index in [1.807, 2.05) is 49.6 Å². The van der Waals surface area contributed by atoms with Crippen LogP contribution in [0.1, 0.15) is 5.56 Å². The SMILES string of the molecule is Cc1ccc(N=Nc2cn(C)c3ccccc23)cc1. The fourth-order valence-electron chi connectivity index (χ4n) is 2.12. The van der Waals surface area contributed by atoms with Crippen LogP contribution >= 0.6 is 0 Å². The highest BCUT2D eigenvalue weighted by atomic mass is 15.1. The molecule has 0 spiro atoms. The normalized spacial score (nSPS) is 11.5. The van der Waals surface area contributed by atoms with E-state index in [0.717, 1.165) is 16.8 Å². The smallest absolute Gasteiger partial charge is 0.111 e. The Morgan fingerprint density at radius 2 is 1.63 bits per heavy atom. The Bertz CT molecular complexity index is 736. The van der Waals surface area contributed by atoms with Crippen LogP contribution in [0.2, 0.25) is 0 Å². The zero-order valence-corrected chi connectivity index (χ0v) is 11.0. The molecule has 94 valence electrons. The van der Waals surface area contributed by atoms with Crippen molar-refractivity contribution in [3.63, 3.8) is 0 Å². The van der Waals surface area contributed by atoms with Crippen LogP contribution in [0.25, 0.3) is 10.9 Å². The molecule has 0 aliphatic carbocycles. The first-order valence-corrected chi connectivity index (χ1v) is 6.26. The lowest BCUT2D eigenvalue weighted by Crippen LogP contribution is -1.81. The van der Waals surface area contributed by atoms with Gasteiger partial charge in [-0.1, -0.05) is 35.9 Å². The van der Waals surface area contributed by atoms with Gasteiger partial charge in [-0.05, 0) is 25.1 Å². The first-order valence-electron chi connectivity index (χ1n) is 6.26. The first kappa shape index (κ1) is 11.7. The molecule has 0 saturated heterocycles. The van der Waals surface area contributed by atoms with Crippen molar-refractivity contribution in [2.75, 3.05) is 0 Å². The van der Waals surface area contributed by atoms with Gasteiger partial charge in [0, 0.05) is 18.6 Å². The summed E-state index contributed by atoms with van der Waals surface area (Å²) < 4.78 is 2.07. The van der Waals surface area contributed by atoms with Gasteiger partial charge in [0.25, 0.3) is 0 Å².